The van der Waals surface area contributed by atoms with Crippen LogP contribution in [0, 0.1) is 5.82 Å². The van der Waals surface area contributed by atoms with Crippen molar-refractivity contribution < 1.29 is 9.13 Å². The first-order chi connectivity index (χ1) is 8.57. The topological polar surface area (TPSA) is 21.3 Å². The Kier molecular flexibility index (Phi) is 6.47. The number of nitrogens with one attached hydrogen (secondary N) is 1. The van der Waals surface area contributed by atoms with Crippen molar-refractivity contribution in [2.24, 2.45) is 0 Å². The average Bonchev–Trinajstić information content (AvgIpc) is 2.34. The SMILES string of the molecule is C=COCCCNC(C)c1c(Cl)ccc(F)c1Cl. The summed E-state index contributed by atoms with van der Waals surface area (Å²) in [5.74, 6) is -0.459. The maximum absolute atomic E-state index is 13.4. The van der Waals surface area contributed by atoms with Crippen molar-refractivity contribution in [1.82, 2.24) is 5.32 Å². The third-order valence-corrected chi connectivity index (χ3v) is 3.23. The van der Waals surface area contributed by atoms with Crippen LogP contribution in [-0.4, -0.2) is 13.2 Å². The number of ether oxygens (including phenoxy) is 1. The van der Waals surface area contributed by atoms with Gasteiger partial charge in [-0.15, -0.1) is 0 Å². The van der Waals surface area contributed by atoms with Gasteiger partial charge in [0.15, 0.2) is 0 Å². The molecule has 0 amide bonds. The second-order valence-electron chi connectivity index (χ2n) is 3.82. The molecule has 0 aliphatic carbocycles. The van der Waals surface area contributed by atoms with Gasteiger partial charge in [0.1, 0.15) is 5.82 Å². The number of benzene rings is 1. The van der Waals surface area contributed by atoms with E-state index in [2.05, 4.69) is 11.9 Å². The van der Waals surface area contributed by atoms with Crippen LogP contribution in [0.1, 0.15) is 24.9 Å². The Morgan fingerprint density at radius 3 is 2.89 bits per heavy atom. The van der Waals surface area contributed by atoms with Gasteiger partial charge in [0.05, 0.1) is 17.9 Å². The number of hydrogen-bond acceptors (Lipinski definition) is 2. The molecule has 0 aliphatic rings. The second kappa shape index (κ2) is 7.62. The maximum atomic E-state index is 13.4. The molecule has 0 radical (unpaired) electrons. The molecule has 5 heteroatoms. The first kappa shape index (κ1) is 15.3. The highest BCUT2D eigenvalue weighted by atomic mass is 35.5. The largest absolute Gasteiger partial charge is 0.502 e. The molecule has 0 fully saturated rings. The molecule has 1 unspecified atom stereocenters. The fourth-order valence-corrected chi connectivity index (χ4v) is 2.30. The van der Waals surface area contributed by atoms with E-state index in [-0.39, 0.29) is 11.1 Å². The molecule has 1 rings (SSSR count). The lowest BCUT2D eigenvalue weighted by Gasteiger charge is -2.17. The summed E-state index contributed by atoms with van der Waals surface area (Å²) in [5.41, 5.74) is 0.586. The van der Waals surface area contributed by atoms with Gasteiger partial charge in [0.2, 0.25) is 0 Å². The molecule has 1 aromatic carbocycles. The van der Waals surface area contributed by atoms with Gasteiger partial charge in [-0.2, -0.15) is 0 Å². The average molecular weight is 292 g/mol. The summed E-state index contributed by atoms with van der Waals surface area (Å²) in [5, 5.41) is 3.75. The molecular formula is C13H16Cl2FNO. The highest BCUT2D eigenvalue weighted by Crippen LogP contribution is 2.32. The van der Waals surface area contributed by atoms with Gasteiger partial charge < -0.3 is 10.1 Å². The zero-order valence-corrected chi connectivity index (χ0v) is 11.7. The molecule has 0 aromatic heterocycles. The summed E-state index contributed by atoms with van der Waals surface area (Å²) in [6.07, 6.45) is 2.23. The van der Waals surface area contributed by atoms with Gasteiger partial charge in [-0.1, -0.05) is 29.8 Å². The lowest BCUT2D eigenvalue weighted by Crippen LogP contribution is -2.21. The molecule has 0 saturated carbocycles. The highest BCUT2D eigenvalue weighted by Gasteiger charge is 2.16. The van der Waals surface area contributed by atoms with E-state index in [9.17, 15) is 4.39 Å². The van der Waals surface area contributed by atoms with Crippen LogP contribution in [0.2, 0.25) is 10.0 Å². The van der Waals surface area contributed by atoms with Crippen LogP contribution in [0.3, 0.4) is 0 Å². The van der Waals surface area contributed by atoms with Crippen LogP contribution < -0.4 is 5.32 Å². The van der Waals surface area contributed by atoms with E-state index >= 15 is 0 Å². The number of hydrogen-bond donors (Lipinski definition) is 1. The molecule has 0 saturated heterocycles. The Hall–Kier alpha value is -0.770. The van der Waals surface area contributed by atoms with E-state index in [0.29, 0.717) is 17.2 Å². The Bertz CT molecular complexity index is 412. The van der Waals surface area contributed by atoms with Crippen molar-refractivity contribution in [3.8, 4) is 0 Å². The van der Waals surface area contributed by atoms with Gasteiger partial charge in [0, 0.05) is 16.6 Å². The summed E-state index contributed by atoms with van der Waals surface area (Å²) in [6, 6.07) is 2.65. The molecule has 1 atom stereocenters. The van der Waals surface area contributed by atoms with Crippen molar-refractivity contribution in [3.05, 3.63) is 46.4 Å². The monoisotopic (exact) mass is 291 g/mol. The molecule has 1 N–H and O–H groups in total. The van der Waals surface area contributed by atoms with E-state index in [1.54, 1.807) is 0 Å². The van der Waals surface area contributed by atoms with Gasteiger partial charge in [-0.25, -0.2) is 4.39 Å². The normalized spacial score (nSPS) is 12.2. The number of halogens is 3. The third kappa shape index (κ3) is 4.16. The smallest absolute Gasteiger partial charge is 0.142 e. The molecule has 100 valence electrons. The Morgan fingerprint density at radius 1 is 1.50 bits per heavy atom. The summed E-state index contributed by atoms with van der Waals surface area (Å²) in [6.45, 7) is 6.66. The van der Waals surface area contributed by atoms with E-state index in [0.717, 1.165) is 13.0 Å². The molecule has 18 heavy (non-hydrogen) atoms. The Morgan fingerprint density at radius 2 is 2.22 bits per heavy atom. The van der Waals surface area contributed by atoms with E-state index in [1.807, 2.05) is 6.92 Å². The van der Waals surface area contributed by atoms with E-state index in [1.165, 1.54) is 18.4 Å². The molecule has 1 aromatic rings. The fraction of sp³-hybridized carbons (Fsp3) is 0.385. The predicted octanol–water partition coefficient (Wildman–Crippen LogP) is 4.33. The molecule has 0 spiro atoms. The number of rotatable bonds is 7. The standard InChI is InChI=1S/C13H16Cl2FNO/c1-3-18-8-4-7-17-9(2)12-10(14)5-6-11(16)13(12)15/h3,5-6,9,17H,1,4,7-8H2,2H3. The molecular weight excluding hydrogens is 276 g/mol. The summed E-state index contributed by atoms with van der Waals surface area (Å²) >= 11 is 11.9. The summed E-state index contributed by atoms with van der Waals surface area (Å²) in [7, 11) is 0. The minimum absolute atomic E-state index is 0.0739. The van der Waals surface area contributed by atoms with Crippen molar-refractivity contribution in [1.29, 1.82) is 0 Å². The first-order valence-electron chi connectivity index (χ1n) is 5.67. The first-order valence-corrected chi connectivity index (χ1v) is 6.42. The van der Waals surface area contributed by atoms with E-state index in [4.69, 9.17) is 27.9 Å². The van der Waals surface area contributed by atoms with Crippen molar-refractivity contribution in [3.63, 3.8) is 0 Å². The predicted molar refractivity (Wildman–Crippen MR) is 73.6 cm³/mol. The van der Waals surface area contributed by atoms with Gasteiger partial charge in [0.25, 0.3) is 0 Å². The molecule has 0 heterocycles. The molecule has 0 bridgehead atoms. The minimum Gasteiger partial charge on any atom is -0.502 e. The Balaban J connectivity index is 2.58. The van der Waals surface area contributed by atoms with E-state index < -0.39 is 5.82 Å². The lowest BCUT2D eigenvalue weighted by atomic mass is 10.1. The van der Waals surface area contributed by atoms with Crippen molar-refractivity contribution in [2.45, 2.75) is 19.4 Å². The minimum atomic E-state index is -0.459. The van der Waals surface area contributed by atoms with Crippen LogP contribution in [0.25, 0.3) is 0 Å². The van der Waals surface area contributed by atoms with Crippen LogP contribution in [-0.2, 0) is 4.74 Å². The van der Waals surface area contributed by atoms with Crippen LogP contribution in [0.15, 0.2) is 25.0 Å². The highest BCUT2D eigenvalue weighted by molar-refractivity contribution is 6.36. The van der Waals surface area contributed by atoms with Crippen LogP contribution in [0.4, 0.5) is 4.39 Å². The van der Waals surface area contributed by atoms with Crippen molar-refractivity contribution in [2.75, 3.05) is 13.2 Å². The summed E-state index contributed by atoms with van der Waals surface area (Å²) < 4.78 is 18.4. The maximum Gasteiger partial charge on any atom is 0.142 e. The lowest BCUT2D eigenvalue weighted by molar-refractivity contribution is 0.243. The zero-order chi connectivity index (χ0) is 13.5. The fourth-order valence-electron chi connectivity index (χ4n) is 1.60. The van der Waals surface area contributed by atoms with Crippen molar-refractivity contribution >= 4 is 23.2 Å². The Labute approximate surface area is 117 Å². The van der Waals surface area contributed by atoms with Gasteiger partial charge in [-0.3, -0.25) is 0 Å². The zero-order valence-electron chi connectivity index (χ0n) is 10.2. The molecule has 0 aliphatic heterocycles. The van der Waals surface area contributed by atoms with Gasteiger partial charge >= 0.3 is 0 Å². The molecule has 2 nitrogen and oxygen atoms in total. The van der Waals surface area contributed by atoms with Crippen LogP contribution in [0.5, 0.6) is 0 Å². The summed E-state index contributed by atoms with van der Waals surface area (Å²) in [4.78, 5) is 0. The quantitative estimate of drug-likeness (QED) is 0.459. The second-order valence-corrected chi connectivity index (χ2v) is 4.61. The third-order valence-electron chi connectivity index (χ3n) is 2.52. The van der Waals surface area contributed by atoms with Crippen LogP contribution >= 0.6 is 23.2 Å². The van der Waals surface area contributed by atoms with Gasteiger partial charge in [-0.05, 0) is 32.0 Å².